The first-order valence-corrected chi connectivity index (χ1v) is 5.76. The van der Waals surface area contributed by atoms with Crippen molar-refractivity contribution in [1.82, 2.24) is 9.88 Å². The van der Waals surface area contributed by atoms with Crippen LogP contribution in [-0.4, -0.2) is 23.7 Å². The average Bonchev–Trinajstić information content (AvgIpc) is 2.62. The van der Waals surface area contributed by atoms with Gasteiger partial charge in [-0.15, -0.1) is 0 Å². The van der Waals surface area contributed by atoms with Crippen molar-refractivity contribution in [2.24, 2.45) is 12.5 Å². The molecule has 0 amide bonds. The van der Waals surface area contributed by atoms with Crippen LogP contribution in [0.4, 0.5) is 0 Å². The van der Waals surface area contributed by atoms with Gasteiger partial charge in [0.1, 0.15) is 6.04 Å². The molecule has 0 bridgehead atoms. The summed E-state index contributed by atoms with van der Waals surface area (Å²) >= 11 is 0. The number of hydrogen-bond acceptors (Lipinski definition) is 3. The van der Waals surface area contributed by atoms with Gasteiger partial charge in [0, 0.05) is 26.0 Å². The molecule has 1 heterocycles. The molecule has 0 radical (unpaired) electrons. The second-order valence-corrected chi connectivity index (χ2v) is 5.39. The van der Waals surface area contributed by atoms with E-state index >= 15 is 0 Å². The highest BCUT2D eigenvalue weighted by molar-refractivity contribution is 5.76. The molecule has 4 heteroatoms. The molecular formula is C13H22N2O2. The van der Waals surface area contributed by atoms with Crippen LogP contribution in [0, 0.1) is 5.41 Å². The molecule has 0 saturated heterocycles. The number of nitrogens with one attached hydrogen (secondary N) is 1. The van der Waals surface area contributed by atoms with Crippen molar-refractivity contribution in [3.05, 3.63) is 24.0 Å². The molecule has 1 rings (SSSR count). The maximum atomic E-state index is 11.7. The molecule has 0 aliphatic heterocycles. The van der Waals surface area contributed by atoms with Crippen LogP contribution in [0.2, 0.25) is 0 Å². The second kappa shape index (κ2) is 5.36. The highest BCUT2D eigenvalue weighted by Gasteiger charge is 2.31. The van der Waals surface area contributed by atoms with Crippen molar-refractivity contribution in [3.63, 3.8) is 0 Å². The smallest absolute Gasteiger partial charge is 0.323 e. The molecular weight excluding hydrogens is 216 g/mol. The van der Waals surface area contributed by atoms with Gasteiger partial charge in [0.2, 0.25) is 0 Å². The van der Waals surface area contributed by atoms with Crippen molar-refractivity contribution in [2.45, 2.75) is 33.4 Å². The molecule has 0 aromatic carbocycles. The van der Waals surface area contributed by atoms with Crippen LogP contribution < -0.4 is 5.32 Å². The van der Waals surface area contributed by atoms with E-state index in [0.29, 0.717) is 6.54 Å². The molecule has 0 aliphatic rings. The lowest BCUT2D eigenvalue weighted by molar-refractivity contribution is -0.146. The van der Waals surface area contributed by atoms with Gasteiger partial charge in [-0.3, -0.25) is 10.1 Å². The van der Waals surface area contributed by atoms with Crippen LogP contribution in [0.3, 0.4) is 0 Å². The van der Waals surface area contributed by atoms with Crippen molar-refractivity contribution in [1.29, 1.82) is 0 Å². The highest BCUT2D eigenvalue weighted by atomic mass is 16.5. The van der Waals surface area contributed by atoms with Crippen molar-refractivity contribution in [2.75, 3.05) is 7.11 Å². The summed E-state index contributed by atoms with van der Waals surface area (Å²) in [6.45, 7) is 6.73. The van der Waals surface area contributed by atoms with Gasteiger partial charge in [0.25, 0.3) is 0 Å². The molecule has 0 unspecified atom stereocenters. The number of hydrogen-bond donors (Lipinski definition) is 1. The fourth-order valence-electron chi connectivity index (χ4n) is 1.75. The van der Waals surface area contributed by atoms with Crippen molar-refractivity contribution >= 4 is 5.97 Å². The number of rotatable bonds is 4. The normalized spacial score (nSPS) is 13.5. The van der Waals surface area contributed by atoms with Crippen LogP contribution in [0.5, 0.6) is 0 Å². The Labute approximate surface area is 103 Å². The van der Waals surface area contributed by atoms with Crippen LogP contribution in [-0.2, 0) is 23.1 Å². The van der Waals surface area contributed by atoms with Crippen molar-refractivity contribution in [3.8, 4) is 0 Å². The lowest BCUT2D eigenvalue weighted by Gasteiger charge is -2.29. The average molecular weight is 238 g/mol. The minimum absolute atomic E-state index is 0.165. The Bertz CT molecular complexity index is 377. The first-order chi connectivity index (χ1) is 7.84. The molecule has 0 saturated carbocycles. The van der Waals surface area contributed by atoms with Gasteiger partial charge in [0.15, 0.2) is 0 Å². The highest BCUT2D eigenvalue weighted by Crippen LogP contribution is 2.20. The third-order valence-corrected chi connectivity index (χ3v) is 2.71. The zero-order valence-corrected chi connectivity index (χ0v) is 11.3. The fraction of sp³-hybridized carbons (Fsp3) is 0.615. The Morgan fingerprint density at radius 2 is 2.18 bits per heavy atom. The molecule has 4 nitrogen and oxygen atoms in total. The van der Waals surface area contributed by atoms with Crippen molar-refractivity contribution < 1.29 is 9.53 Å². The monoisotopic (exact) mass is 238 g/mol. The standard InChI is InChI=1S/C13H22N2O2/c1-13(2,3)11(12(16)17-5)14-8-10-6-7-15(4)9-10/h6-7,9,11,14H,8H2,1-5H3/t11-/m0/s1. The molecule has 1 aromatic heterocycles. The molecule has 1 aromatic rings. The van der Waals surface area contributed by atoms with E-state index in [0.717, 1.165) is 5.56 Å². The van der Waals surface area contributed by atoms with Gasteiger partial charge >= 0.3 is 5.97 Å². The Morgan fingerprint density at radius 1 is 1.53 bits per heavy atom. The van der Waals surface area contributed by atoms with E-state index in [1.807, 2.05) is 50.8 Å². The van der Waals surface area contributed by atoms with Gasteiger partial charge in [-0.05, 0) is 17.0 Å². The number of ether oxygens (including phenoxy) is 1. The Kier molecular flexibility index (Phi) is 4.34. The summed E-state index contributed by atoms with van der Waals surface area (Å²) < 4.78 is 6.81. The van der Waals surface area contributed by atoms with E-state index in [2.05, 4.69) is 5.32 Å². The van der Waals surface area contributed by atoms with Gasteiger partial charge in [0.05, 0.1) is 7.11 Å². The number of aryl methyl sites for hydroxylation is 1. The third-order valence-electron chi connectivity index (χ3n) is 2.71. The van der Waals surface area contributed by atoms with E-state index < -0.39 is 0 Å². The molecule has 1 atom stereocenters. The number of carbonyl (C=O) groups is 1. The Hall–Kier alpha value is -1.29. The SMILES string of the molecule is COC(=O)[C@H](NCc1ccn(C)c1)C(C)(C)C. The molecule has 0 aliphatic carbocycles. The number of methoxy groups -OCH3 is 1. The minimum atomic E-state index is -0.298. The summed E-state index contributed by atoms with van der Waals surface area (Å²) in [4.78, 5) is 11.7. The van der Waals surface area contributed by atoms with E-state index in [1.165, 1.54) is 7.11 Å². The van der Waals surface area contributed by atoms with E-state index in [-0.39, 0.29) is 17.4 Å². The second-order valence-electron chi connectivity index (χ2n) is 5.39. The topological polar surface area (TPSA) is 43.3 Å². The predicted molar refractivity (Wildman–Crippen MR) is 67.5 cm³/mol. The summed E-state index contributed by atoms with van der Waals surface area (Å²) in [5, 5.41) is 3.25. The van der Waals surface area contributed by atoms with Gasteiger partial charge < -0.3 is 9.30 Å². The lowest BCUT2D eigenvalue weighted by atomic mass is 9.86. The first kappa shape index (κ1) is 13.8. The Morgan fingerprint density at radius 3 is 2.59 bits per heavy atom. The number of aromatic nitrogens is 1. The number of nitrogens with zero attached hydrogens (tertiary/aromatic N) is 1. The van der Waals surface area contributed by atoms with E-state index in [9.17, 15) is 4.79 Å². The quantitative estimate of drug-likeness (QED) is 0.812. The summed E-state index contributed by atoms with van der Waals surface area (Å²) in [7, 11) is 3.40. The van der Waals surface area contributed by atoms with Crippen LogP contribution >= 0.6 is 0 Å². The Balaban J connectivity index is 2.65. The zero-order chi connectivity index (χ0) is 13.1. The maximum Gasteiger partial charge on any atom is 0.323 e. The molecule has 0 fully saturated rings. The summed E-state index contributed by atoms with van der Waals surface area (Å²) in [6.07, 6.45) is 4.02. The van der Waals surface area contributed by atoms with Crippen LogP contribution in [0.1, 0.15) is 26.3 Å². The fourth-order valence-corrected chi connectivity index (χ4v) is 1.75. The molecule has 1 N–H and O–H groups in total. The molecule has 0 spiro atoms. The number of carbonyl (C=O) groups excluding carboxylic acids is 1. The van der Waals surface area contributed by atoms with E-state index in [4.69, 9.17) is 4.74 Å². The third kappa shape index (κ3) is 3.89. The van der Waals surface area contributed by atoms with Crippen LogP contribution in [0.15, 0.2) is 18.5 Å². The summed E-state index contributed by atoms with van der Waals surface area (Å²) in [5.41, 5.74) is 0.993. The predicted octanol–water partition coefficient (Wildman–Crippen LogP) is 1.70. The molecule has 96 valence electrons. The minimum Gasteiger partial charge on any atom is -0.468 e. The lowest BCUT2D eigenvalue weighted by Crippen LogP contribution is -2.46. The van der Waals surface area contributed by atoms with Gasteiger partial charge in [-0.2, -0.15) is 0 Å². The number of esters is 1. The van der Waals surface area contributed by atoms with Gasteiger partial charge in [-0.1, -0.05) is 20.8 Å². The largest absolute Gasteiger partial charge is 0.468 e. The first-order valence-electron chi connectivity index (χ1n) is 5.76. The summed E-state index contributed by atoms with van der Waals surface area (Å²) in [5.74, 6) is -0.214. The molecule has 17 heavy (non-hydrogen) atoms. The maximum absolute atomic E-state index is 11.7. The zero-order valence-electron chi connectivity index (χ0n) is 11.3. The van der Waals surface area contributed by atoms with Crippen LogP contribution in [0.25, 0.3) is 0 Å². The summed E-state index contributed by atoms with van der Waals surface area (Å²) in [6, 6.07) is 1.73. The van der Waals surface area contributed by atoms with E-state index in [1.54, 1.807) is 0 Å². The van der Waals surface area contributed by atoms with Gasteiger partial charge in [-0.25, -0.2) is 0 Å².